The molecule has 0 bridgehead atoms. The maximum atomic E-state index is 6.74. The van der Waals surface area contributed by atoms with Crippen molar-refractivity contribution >= 4 is 17.1 Å². The van der Waals surface area contributed by atoms with Crippen molar-refractivity contribution in [2.75, 3.05) is 4.90 Å². The summed E-state index contributed by atoms with van der Waals surface area (Å²) in [6.07, 6.45) is 0. The predicted molar refractivity (Wildman–Crippen MR) is 338 cm³/mol. The first-order chi connectivity index (χ1) is 41.2. The van der Waals surface area contributed by atoms with Crippen LogP contribution in [0, 0.1) is 0 Å². The summed E-state index contributed by atoms with van der Waals surface area (Å²) in [5, 5.41) is 0. The van der Waals surface area contributed by atoms with Gasteiger partial charge in [0.15, 0.2) is 0 Å². The average molecular weight is 1060 g/mol. The lowest BCUT2D eigenvalue weighted by atomic mass is 9.66. The molecule has 17 rings (SSSR count). The van der Waals surface area contributed by atoms with E-state index in [-0.39, 0.29) is 0 Å². The van der Waals surface area contributed by atoms with E-state index in [0.717, 1.165) is 84.6 Å². The molecule has 2 spiro atoms. The Morgan fingerprint density at radius 1 is 0.217 bits per heavy atom. The molecule has 4 aliphatic rings. The van der Waals surface area contributed by atoms with E-state index in [4.69, 9.17) is 9.47 Å². The number of nitrogens with zero attached hydrogens (tertiary/aromatic N) is 1. The molecule has 2 heterocycles. The van der Waals surface area contributed by atoms with E-state index in [9.17, 15) is 0 Å². The Morgan fingerprint density at radius 3 is 1.20 bits per heavy atom. The van der Waals surface area contributed by atoms with Crippen LogP contribution in [0.1, 0.15) is 44.5 Å². The molecule has 13 aromatic rings. The van der Waals surface area contributed by atoms with Crippen LogP contribution in [0.3, 0.4) is 0 Å². The number of rotatable bonds is 7. The van der Waals surface area contributed by atoms with E-state index in [1.54, 1.807) is 0 Å². The molecule has 0 saturated carbocycles. The van der Waals surface area contributed by atoms with Gasteiger partial charge in [-0.3, -0.25) is 0 Å². The van der Waals surface area contributed by atoms with E-state index in [0.29, 0.717) is 0 Å². The summed E-state index contributed by atoms with van der Waals surface area (Å²) in [6.45, 7) is 0. The SMILES string of the molecule is c1ccc(-c2ccc(-c3ccc(N(c4cccc(-c5ccc6c(c5)-c5ccccc5C65c6ccccc6Oc6ccccc65)c4)c4ccccc4-c4cccc5c4-c4ccccc4C54c5ccccc5Oc5ccccc54)cc3)cc2)cc1. The molecular formula is C80H51NO2. The summed E-state index contributed by atoms with van der Waals surface area (Å²) in [6, 6.07) is 113. The van der Waals surface area contributed by atoms with Crippen LogP contribution in [0.25, 0.3) is 66.8 Å². The summed E-state index contributed by atoms with van der Waals surface area (Å²) in [5.74, 6) is 3.55. The Labute approximate surface area is 483 Å². The Hall–Kier alpha value is -10.7. The summed E-state index contributed by atoms with van der Waals surface area (Å²) < 4.78 is 13.4. The van der Waals surface area contributed by atoms with Gasteiger partial charge in [-0.05, 0) is 144 Å². The maximum Gasteiger partial charge on any atom is 0.132 e. The lowest BCUT2D eigenvalue weighted by Crippen LogP contribution is -2.32. The molecule has 0 saturated heterocycles. The minimum Gasteiger partial charge on any atom is -0.457 e. The molecule has 83 heavy (non-hydrogen) atoms. The number of hydrogen-bond acceptors (Lipinski definition) is 3. The van der Waals surface area contributed by atoms with Gasteiger partial charge in [0.25, 0.3) is 0 Å². The largest absolute Gasteiger partial charge is 0.457 e. The van der Waals surface area contributed by atoms with Crippen molar-refractivity contribution in [1.29, 1.82) is 0 Å². The van der Waals surface area contributed by atoms with Gasteiger partial charge in [0.2, 0.25) is 0 Å². The molecule has 3 heteroatoms. The standard InChI is InChI=1S/C80H51NO2/c1-2-20-52(21-3-1)53-40-42-54(43-41-53)55-44-47-58(48-45-55)81(59-23-18-22-56(50-59)57-46-49-67-64(51-57)60-24-4-7-28-65(60)79(67)68-30-9-14-36-74(68)82-75-37-15-10-31-69(75)79)73-35-13-6-25-61(73)62-27-19-34-72-78(62)63-26-5-8-29-66(63)80(72)70-32-11-16-38-76(70)83-77-39-17-12-33-71(77)80/h1-51H. The zero-order valence-electron chi connectivity index (χ0n) is 45.2. The lowest BCUT2D eigenvalue weighted by Gasteiger charge is -2.39. The Balaban J connectivity index is 0.842. The highest BCUT2D eigenvalue weighted by Crippen LogP contribution is 2.65. The second-order valence-corrected chi connectivity index (χ2v) is 22.2. The summed E-state index contributed by atoms with van der Waals surface area (Å²) in [5.41, 5.74) is 25.9. The zero-order valence-corrected chi connectivity index (χ0v) is 45.2. The maximum absolute atomic E-state index is 6.74. The second kappa shape index (κ2) is 18.4. The van der Waals surface area contributed by atoms with Gasteiger partial charge in [0.05, 0.1) is 16.5 Å². The van der Waals surface area contributed by atoms with Crippen molar-refractivity contribution in [3.63, 3.8) is 0 Å². The second-order valence-electron chi connectivity index (χ2n) is 22.2. The Morgan fingerprint density at radius 2 is 0.602 bits per heavy atom. The number of ether oxygens (including phenoxy) is 2. The third-order valence-electron chi connectivity index (χ3n) is 18.0. The molecule has 0 N–H and O–H groups in total. The molecule has 13 aromatic carbocycles. The van der Waals surface area contributed by atoms with Crippen molar-refractivity contribution < 1.29 is 9.47 Å². The molecule has 0 fully saturated rings. The third-order valence-corrected chi connectivity index (χ3v) is 18.0. The minimum absolute atomic E-state index is 0.538. The average Bonchev–Trinajstić information content (AvgIpc) is 1.96. The van der Waals surface area contributed by atoms with E-state index < -0.39 is 10.8 Å². The Kier molecular flexibility index (Phi) is 10.4. The molecule has 2 aliphatic heterocycles. The molecule has 388 valence electrons. The van der Waals surface area contributed by atoms with Gasteiger partial charge in [0.1, 0.15) is 23.0 Å². The van der Waals surface area contributed by atoms with Crippen LogP contribution in [0.4, 0.5) is 17.1 Å². The highest BCUT2D eigenvalue weighted by atomic mass is 16.5. The van der Waals surface area contributed by atoms with Gasteiger partial charge in [-0.25, -0.2) is 0 Å². The highest BCUT2D eigenvalue weighted by molar-refractivity contribution is 6.01. The number of anilines is 3. The van der Waals surface area contributed by atoms with Gasteiger partial charge in [-0.2, -0.15) is 0 Å². The van der Waals surface area contributed by atoms with Crippen LogP contribution in [-0.2, 0) is 10.8 Å². The molecular weight excluding hydrogens is 1010 g/mol. The fourth-order valence-corrected chi connectivity index (χ4v) is 14.6. The van der Waals surface area contributed by atoms with Crippen molar-refractivity contribution in [2.45, 2.75) is 10.8 Å². The Bertz CT molecular complexity index is 4660. The summed E-state index contributed by atoms with van der Waals surface area (Å²) in [4.78, 5) is 2.46. The molecule has 0 radical (unpaired) electrons. The first kappa shape index (κ1) is 47.1. The third kappa shape index (κ3) is 6.86. The fraction of sp³-hybridized carbons (Fsp3) is 0.0250. The van der Waals surface area contributed by atoms with Gasteiger partial charge >= 0.3 is 0 Å². The van der Waals surface area contributed by atoms with Crippen molar-refractivity contribution in [2.24, 2.45) is 0 Å². The van der Waals surface area contributed by atoms with E-state index in [1.165, 1.54) is 66.8 Å². The van der Waals surface area contributed by atoms with Crippen LogP contribution < -0.4 is 14.4 Å². The van der Waals surface area contributed by atoms with Crippen LogP contribution in [0.15, 0.2) is 309 Å². The van der Waals surface area contributed by atoms with Gasteiger partial charge in [-0.1, -0.05) is 249 Å². The first-order valence-corrected chi connectivity index (χ1v) is 28.6. The van der Waals surface area contributed by atoms with Crippen LogP contribution in [0.5, 0.6) is 23.0 Å². The molecule has 0 amide bonds. The van der Waals surface area contributed by atoms with Crippen molar-refractivity contribution in [3.05, 3.63) is 354 Å². The topological polar surface area (TPSA) is 21.7 Å². The number of fused-ring (bicyclic) bond motifs is 18. The van der Waals surface area contributed by atoms with Gasteiger partial charge in [-0.15, -0.1) is 0 Å². The minimum atomic E-state index is -0.598. The quantitative estimate of drug-likeness (QED) is 0.159. The van der Waals surface area contributed by atoms with Crippen molar-refractivity contribution in [1.82, 2.24) is 0 Å². The lowest BCUT2D eigenvalue weighted by molar-refractivity contribution is 0.436. The monoisotopic (exact) mass is 1060 g/mol. The molecule has 0 atom stereocenters. The van der Waals surface area contributed by atoms with E-state index >= 15 is 0 Å². The molecule has 0 aromatic heterocycles. The number of para-hydroxylation sites is 5. The van der Waals surface area contributed by atoms with E-state index in [1.807, 2.05) is 0 Å². The first-order valence-electron chi connectivity index (χ1n) is 28.6. The van der Waals surface area contributed by atoms with Crippen LogP contribution in [-0.4, -0.2) is 0 Å². The molecule has 3 nitrogen and oxygen atoms in total. The highest BCUT2D eigenvalue weighted by Gasteiger charge is 2.53. The molecule has 0 unspecified atom stereocenters. The summed E-state index contributed by atoms with van der Waals surface area (Å²) in [7, 11) is 0. The fourth-order valence-electron chi connectivity index (χ4n) is 14.6. The number of benzene rings is 13. The molecule has 2 aliphatic carbocycles. The van der Waals surface area contributed by atoms with Crippen molar-refractivity contribution in [3.8, 4) is 89.8 Å². The van der Waals surface area contributed by atoms with E-state index in [2.05, 4.69) is 314 Å². The number of hydrogen-bond donors (Lipinski definition) is 0. The zero-order chi connectivity index (χ0) is 54.6. The van der Waals surface area contributed by atoms with Gasteiger partial charge < -0.3 is 14.4 Å². The van der Waals surface area contributed by atoms with Gasteiger partial charge in [0, 0.05) is 39.2 Å². The normalized spacial score (nSPS) is 13.7. The van der Waals surface area contributed by atoms with Crippen LogP contribution >= 0.6 is 0 Å². The smallest absolute Gasteiger partial charge is 0.132 e. The predicted octanol–water partition coefficient (Wildman–Crippen LogP) is 20.8. The summed E-state index contributed by atoms with van der Waals surface area (Å²) >= 11 is 0. The van der Waals surface area contributed by atoms with Crippen LogP contribution in [0.2, 0.25) is 0 Å².